The van der Waals surface area contributed by atoms with Crippen LogP contribution in [-0.2, 0) is 4.74 Å². The summed E-state index contributed by atoms with van der Waals surface area (Å²) < 4.78 is 12.8. The van der Waals surface area contributed by atoms with Crippen molar-refractivity contribution in [3.05, 3.63) is 28.2 Å². The Morgan fingerprint density at radius 3 is 2.94 bits per heavy atom. The Balaban J connectivity index is 1.84. The first-order chi connectivity index (χ1) is 8.24. The zero-order chi connectivity index (χ0) is 11.8. The third-order valence-corrected chi connectivity index (χ3v) is 4.01. The largest absolute Gasteiger partial charge is 0.487 e. The predicted molar refractivity (Wildman–Crippen MR) is 69.1 cm³/mol. The molecule has 1 aromatic rings. The molecule has 2 aliphatic heterocycles. The maximum Gasteiger partial charge on any atom is 0.127 e. The van der Waals surface area contributed by atoms with E-state index >= 15 is 0 Å². The van der Waals surface area contributed by atoms with E-state index in [2.05, 4.69) is 15.9 Å². The van der Waals surface area contributed by atoms with E-state index < -0.39 is 0 Å². The van der Waals surface area contributed by atoms with E-state index in [1.54, 1.807) is 0 Å². The first kappa shape index (κ1) is 11.5. The van der Waals surface area contributed by atoms with Crippen molar-refractivity contribution in [1.29, 1.82) is 0 Å². The highest BCUT2D eigenvalue weighted by Crippen LogP contribution is 2.37. The van der Waals surface area contributed by atoms with Gasteiger partial charge in [-0.3, -0.25) is 0 Å². The lowest BCUT2D eigenvalue weighted by molar-refractivity contribution is -0.00196. The first-order valence-electron chi connectivity index (χ1n) is 6.07. The van der Waals surface area contributed by atoms with Gasteiger partial charge in [0.1, 0.15) is 11.9 Å². The van der Waals surface area contributed by atoms with Gasteiger partial charge in [0.05, 0.1) is 6.10 Å². The number of hydrogen-bond donors (Lipinski definition) is 1. The van der Waals surface area contributed by atoms with Crippen LogP contribution in [0.2, 0.25) is 0 Å². The number of rotatable bonds is 1. The van der Waals surface area contributed by atoms with Gasteiger partial charge in [-0.25, -0.2) is 0 Å². The van der Waals surface area contributed by atoms with Gasteiger partial charge in [0, 0.05) is 29.1 Å². The van der Waals surface area contributed by atoms with Gasteiger partial charge in [0.2, 0.25) is 0 Å². The van der Waals surface area contributed by atoms with Gasteiger partial charge < -0.3 is 15.2 Å². The minimum atomic E-state index is 0.0467. The molecule has 0 saturated carbocycles. The zero-order valence-corrected chi connectivity index (χ0v) is 11.2. The molecular formula is C13H16BrNO2. The average Bonchev–Trinajstić information content (AvgIpc) is 2.83. The molecule has 0 bridgehead atoms. The quantitative estimate of drug-likeness (QED) is 0.867. The molecule has 3 rings (SSSR count). The smallest absolute Gasteiger partial charge is 0.127 e. The van der Waals surface area contributed by atoms with Gasteiger partial charge in [0.15, 0.2) is 0 Å². The van der Waals surface area contributed by atoms with Gasteiger partial charge in [-0.05, 0) is 31.0 Å². The Kier molecular flexibility index (Phi) is 3.11. The molecule has 0 spiro atoms. The number of halogens is 1. The fourth-order valence-corrected chi connectivity index (χ4v) is 3.01. The van der Waals surface area contributed by atoms with E-state index in [1.807, 2.05) is 18.2 Å². The summed E-state index contributed by atoms with van der Waals surface area (Å²) in [5, 5.41) is 0. The highest BCUT2D eigenvalue weighted by atomic mass is 79.9. The van der Waals surface area contributed by atoms with E-state index in [4.69, 9.17) is 15.2 Å². The summed E-state index contributed by atoms with van der Waals surface area (Å²) in [6.07, 6.45) is 3.39. The maximum absolute atomic E-state index is 6.22. The molecule has 2 unspecified atom stereocenters. The van der Waals surface area contributed by atoms with Crippen LogP contribution in [0, 0.1) is 0 Å². The molecule has 4 heteroatoms. The second-order valence-corrected chi connectivity index (χ2v) is 5.65. The highest BCUT2D eigenvalue weighted by Gasteiger charge is 2.34. The molecule has 1 saturated heterocycles. The lowest BCUT2D eigenvalue weighted by atomic mass is 9.94. The van der Waals surface area contributed by atoms with Crippen LogP contribution in [0.3, 0.4) is 0 Å². The van der Waals surface area contributed by atoms with Crippen LogP contribution in [0.4, 0.5) is 0 Å². The molecule has 2 heterocycles. The van der Waals surface area contributed by atoms with E-state index in [1.165, 1.54) is 0 Å². The normalized spacial score (nSPS) is 32.0. The van der Waals surface area contributed by atoms with Gasteiger partial charge in [-0.1, -0.05) is 15.9 Å². The van der Waals surface area contributed by atoms with Gasteiger partial charge >= 0.3 is 0 Å². The SMILES string of the molecule is N[C@H]1CC(C2CCCO2)Oc2ccc(Br)cc21. The van der Waals surface area contributed by atoms with E-state index in [0.717, 1.165) is 41.7 Å². The van der Waals surface area contributed by atoms with Crippen molar-refractivity contribution < 1.29 is 9.47 Å². The molecule has 2 N–H and O–H groups in total. The molecule has 0 aromatic heterocycles. The Hall–Kier alpha value is -0.580. The van der Waals surface area contributed by atoms with Crippen molar-refractivity contribution in [1.82, 2.24) is 0 Å². The van der Waals surface area contributed by atoms with Crippen molar-refractivity contribution in [3.8, 4) is 5.75 Å². The molecule has 0 radical (unpaired) electrons. The van der Waals surface area contributed by atoms with Crippen molar-refractivity contribution in [2.24, 2.45) is 5.73 Å². The maximum atomic E-state index is 6.22. The molecule has 17 heavy (non-hydrogen) atoms. The number of fused-ring (bicyclic) bond motifs is 1. The molecule has 0 aliphatic carbocycles. The molecule has 3 nitrogen and oxygen atoms in total. The summed E-state index contributed by atoms with van der Waals surface area (Å²) in [7, 11) is 0. The van der Waals surface area contributed by atoms with Crippen LogP contribution in [0.15, 0.2) is 22.7 Å². The molecule has 1 fully saturated rings. The van der Waals surface area contributed by atoms with E-state index in [0.29, 0.717) is 0 Å². The Bertz CT molecular complexity index is 418. The minimum absolute atomic E-state index is 0.0467. The summed E-state index contributed by atoms with van der Waals surface area (Å²) in [6.45, 7) is 0.854. The monoisotopic (exact) mass is 297 g/mol. The molecular weight excluding hydrogens is 282 g/mol. The van der Waals surface area contributed by atoms with Crippen molar-refractivity contribution in [2.45, 2.75) is 37.5 Å². The molecule has 1 aromatic carbocycles. The molecule has 2 aliphatic rings. The lowest BCUT2D eigenvalue weighted by Crippen LogP contribution is -2.38. The van der Waals surface area contributed by atoms with Crippen molar-refractivity contribution >= 4 is 15.9 Å². The molecule has 92 valence electrons. The Morgan fingerprint density at radius 2 is 2.18 bits per heavy atom. The fourth-order valence-electron chi connectivity index (χ4n) is 2.63. The third kappa shape index (κ3) is 2.21. The van der Waals surface area contributed by atoms with Crippen LogP contribution >= 0.6 is 15.9 Å². The Morgan fingerprint density at radius 1 is 1.29 bits per heavy atom. The first-order valence-corrected chi connectivity index (χ1v) is 6.86. The summed E-state index contributed by atoms with van der Waals surface area (Å²) >= 11 is 3.46. The number of benzene rings is 1. The Labute approximate surface area is 109 Å². The van der Waals surface area contributed by atoms with Gasteiger partial charge in [0.25, 0.3) is 0 Å². The standard InChI is InChI=1S/C13H16BrNO2/c14-8-3-4-11-9(6-8)10(15)7-13(17-11)12-2-1-5-16-12/h3-4,6,10,12-13H,1-2,5,7,15H2/t10-,12?,13?/m0/s1. The summed E-state index contributed by atoms with van der Waals surface area (Å²) in [5.74, 6) is 0.910. The number of hydrogen-bond acceptors (Lipinski definition) is 3. The topological polar surface area (TPSA) is 44.5 Å². The van der Waals surface area contributed by atoms with Crippen LogP contribution in [-0.4, -0.2) is 18.8 Å². The number of ether oxygens (including phenoxy) is 2. The van der Waals surface area contributed by atoms with Crippen LogP contribution in [0.1, 0.15) is 30.9 Å². The average molecular weight is 298 g/mol. The predicted octanol–water partition coefficient (Wildman–Crippen LogP) is 2.78. The lowest BCUT2D eigenvalue weighted by Gasteiger charge is -2.33. The van der Waals surface area contributed by atoms with Gasteiger partial charge in [-0.15, -0.1) is 0 Å². The second kappa shape index (κ2) is 4.59. The van der Waals surface area contributed by atoms with E-state index in [-0.39, 0.29) is 18.2 Å². The van der Waals surface area contributed by atoms with E-state index in [9.17, 15) is 0 Å². The minimum Gasteiger partial charge on any atom is -0.487 e. The molecule has 0 amide bonds. The van der Waals surface area contributed by atoms with Crippen LogP contribution in [0.25, 0.3) is 0 Å². The van der Waals surface area contributed by atoms with Crippen molar-refractivity contribution in [2.75, 3.05) is 6.61 Å². The fraction of sp³-hybridized carbons (Fsp3) is 0.538. The summed E-state index contributed by atoms with van der Waals surface area (Å²) in [6, 6.07) is 6.07. The highest BCUT2D eigenvalue weighted by molar-refractivity contribution is 9.10. The summed E-state index contributed by atoms with van der Waals surface area (Å²) in [4.78, 5) is 0. The van der Waals surface area contributed by atoms with Crippen LogP contribution < -0.4 is 10.5 Å². The summed E-state index contributed by atoms with van der Waals surface area (Å²) in [5.41, 5.74) is 7.31. The molecule has 3 atom stereocenters. The van der Waals surface area contributed by atoms with Crippen molar-refractivity contribution in [3.63, 3.8) is 0 Å². The third-order valence-electron chi connectivity index (χ3n) is 3.52. The van der Waals surface area contributed by atoms with Crippen LogP contribution in [0.5, 0.6) is 5.75 Å². The second-order valence-electron chi connectivity index (χ2n) is 4.73. The zero-order valence-electron chi connectivity index (χ0n) is 9.56. The number of nitrogens with two attached hydrogens (primary N) is 1. The van der Waals surface area contributed by atoms with Gasteiger partial charge in [-0.2, -0.15) is 0 Å².